The van der Waals surface area contributed by atoms with Crippen molar-refractivity contribution in [2.24, 2.45) is 11.8 Å². The highest BCUT2D eigenvalue weighted by molar-refractivity contribution is 7.90. The van der Waals surface area contributed by atoms with E-state index in [4.69, 9.17) is 0 Å². The third-order valence-corrected chi connectivity index (χ3v) is 4.58. The summed E-state index contributed by atoms with van der Waals surface area (Å²) >= 11 is 0. The van der Waals surface area contributed by atoms with Gasteiger partial charge in [0, 0.05) is 5.92 Å². The molecule has 0 heterocycles. The predicted molar refractivity (Wildman–Crippen MR) is 64.0 cm³/mol. The number of alkyl halides is 3. The highest BCUT2D eigenvalue weighted by Crippen LogP contribution is 2.38. The SMILES string of the molecule is C[C@H]1C[C@@H]1C(=O)NS(=O)(=O)c1ccc(F)c(C(F)(F)F)c1. The fourth-order valence-corrected chi connectivity index (χ4v) is 2.90. The number of nitrogens with one attached hydrogen (secondary N) is 1. The summed E-state index contributed by atoms with van der Waals surface area (Å²) in [5, 5.41) is 0. The van der Waals surface area contributed by atoms with Crippen LogP contribution in [0.2, 0.25) is 0 Å². The fraction of sp³-hybridized carbons (Fsp3) is 0.417. The standard InChI is InChI=1S/C12H11F4NO3S/c1-6-4-8(6)11(18)17-21(19,20)7-2-3-10(13)9(5-7)12(14,15)16/h2-3,5-6,8H,4H2,1H3,(H,17,18)/t6-,8-/m0/s1. The lowest BCUT2D eigenvalue weighted by atomic mass is 10.2. The Hall–Kier alpha value is -1.64. The zero-order valence-electron chi connectivity index (χ0n) is 10.7. The van der Waals surface area contributed by atoms with Gasteiger partial charge in [0.2, 0.25) is 5.91 Å². The minimum Gasteiger partial charge on any atom is -0.274 e. The Bertz CT molecular complexity index is 684. The molecule has 21 heavy (non-hydrogen) atoms. The molecule has 1 aromatic carbocycles. The van der Waals surface area contributed by atoms with Crippen molar-refractivity contribution in [1.82, 2.24) is 4.72 Å². The van der Waals surface area contributed by atoms with Crippen LogP contribution in [0.4, 0.5) is 17.6 Å². The molecule has 2 atom stereocenters. The molecule has 116 valence electrons. The highest BCUT2D eigenvalue weighted by Gasteiger charge is 2.41. The van der Waals surface area contributed by atoms with Gasteiger partial charge in [0.05, 0.1) is 10.5 Å². The normalized spacial score (nSPS) is 22.0. The number of hydrogen-bond donors (Lipinski definition) is 1. The van der Waals surface area contributed by atoms with E-state index in [1.807, 2.05) is 0 Å². The van der Waals surface area contributed by atoms with Gasteiger partial charge in [0.25, 0.3) is 10.0 Å². The predicted octanol–water partition coefficient (Wildman–Crippen LogP) is 2.31. The molecule has 0 radical (unpaired) electrons. The molecule has 1 fully saturated rings. The van der Waals surface area contributed by atoms with E-state index in [0.29, 0.717) is 18.6 Å². The van der Waals surface area contributed by atoms with Gasteiger partial charge in [-0.3, -0.25) is 4.79 Å². The number of benzene rings is 1. The minimum atomic E-state index is -5.02. The van der Waals surface area contributed by atoms with E-state index in [0.717, 1.165) is 0 Å². The van der Waals surface area contributed by atoms with Crippen LogP contribution in [0.5, 0.6) is 0 Å². The first-order valence-corrected chi connectivity index (χ1v) is 7.44. The van der Waals surface area contributed by atoms with Crippen molar-refractivity contribution in [2.75, 3.05) is 0 Å². The number of carbonyl (C=O) groups is 1. The molecule has 1 aromatic rings. The average Bonchev–Trinajstić information content (AvgIpc) is 3.04. The van der Waals surface area contributed by atoms with Gasteiger partial charge in [-0.05, 0) is 30.5 Å². The number of amides is 1. The van der Waals surface area contributed by atoms with Crippen molar-refractivity contribution in [3.8, 4) is 0 Å². The first-order chi connectivity index (χ1) is 9.52. The van der Waals surface area contributed by atoms with Crippen LogP contribution in [0.3, 0.4) is 0 Å². The summed E-state index contributed by atoms with van der Waals surface area (Å²) in [7, 11) is -4.45. The molecule has 0 unspecified atom stereocenters. The van der Waals surface area contributed by atoms with Crippen LogP contribution in [-0.4, -0.2) is 14.3 Å². The van der Waals surface area contributed by atoms with Crippen molar-refractivity contribution in [2.45, 2.75) is 24.4 Å². The molecular weight excluding hydrogens is 314 g/mol. The lowest BCUT2D eigenvalue weighted by molar-refractivity contribution is -0.140. The van der Waals surface area contributed by atoms with Gasteiger partial charge in [-0.15, -0.1) is 0 Å². The average molecular weight is 325 g/mol. The molecule has 0 aliphatic heterocycles. The molecule has 1 saturated carbocycles. The molecule has 2 rings (SSSR count). The van der Waals surface area contributed by atoms with E-state index in [2.05, 4.69) is 0 Å². The van der Waals surface area contributed by atoms with E-state index in [9.17, 15) is 30.8 Å². The van der Waals surface area contributed by atoms with Gasteiger partial charge in [-0.2, -0.15) is 13.2 Å². The van der Waals surface area contributed by atoms with Gasteiger partial charge < -0.3 is 0 Å². The van der Waals surface area contributed by atoms with Crippen molar-refractivity contribution in [3.63, 3.8) is 0 Å². The Morgan fingerprint density at radius 3 is 2.38 bits per heavy atom. The summed E-state index contributed by atoms with van der Waals surface area (Å²) in [6.07, 6.45) is -4.50. The molecule has 1 aliphatic carbocycles. The number of halogens is 4. The van der Waals surface area contributed by atoms with Crippen LogP contribution >= 0.6 is 0 Å². The van der Waals surface area contributed by atoms with Crippen LogP contribution in [0.25, 0.3) is 0 Å². The molecule has 1 N–H and O–H groups in total. The first-order valence-electron chi connectivity index (χ1n) is 5.96. The van der Waals surface area contributed by atoms with Crippen molar-refractivity contribution in [1.29, 1.82) is 0 Å². The van der Waals surface area contributed by atoms with Gasteiger partial charge in [-0.25, -0.2) is 17.5 Å². The van der Waals surface area contributed by atoms with Gasteiger partial charge >= 0.3 is 6.18 Å². The van der Waals surface area contributed by atoms with E-state index >= 15 is 0 Å². The van der Waals surface area contributed by atoms with Crippen molar-refractivity contribution >= 4 is 15.9 Å². The summed E-state index contributed by atoms with van der Waals surface area (Å²) in [6, 6.07) is 1.25. The fourth-order valence-electron chi connectivity index (χ4n) is 1.84. The van der Waals surface area contributed by atoms with Crippen LogP contribution < -0.4 is 4.72 Å². The second-order valence-corrected chi connectivity index (χ2v) is 6.61. The third-order valence-electron chi connectivity index (χ3n) is 3.23. The van der Waals surface area contributed by atoms with Gasteiger partial charge in [-0.1, -0.05) is 6.92 Å². The summed E-state index contributed by atoms with van der Waals surface area (Å²) in [6.45, 7) is 1.75. The summed E-state index contributed by atoms with van der Waals surface area (Å²) < 4.78 is 76.2. The molecule has 0 bridgehead atoms. The van der Waals surface area contributed by atoms with E-state index < -0.39 is 44.3 Å². The van der Waals surface area contributed by atoms with Crippen molar-refractivity contribution < 1.29 is 30.8 Å². The Morgan fingerprint density at radius 2 is 1.90 bits per heavy atom. The highest BCUT2D eigenvalue weighted by atomic mass is 32.2. The quantitative estimate of drug-likeness (QED) is 0.868. The van der Waals surface area contributed by atoms with Crippen molar-refractivity contribution in [3.05, 3.63) is 29.6 Å². The van der Waals surface area contributed by atoms with Gasteiger partial charge in [0.1, 0.15) is 5.82 Å². The molecular formula is C12H11F4NO3S. The Balaban J connectivity index is 2.30. The van der Waals surface area contributed by atoms with Crippen LogP contribution in [0.1, 0.15) is 18.9 Å². The third kappa shape index (κ3) is 3.34. The monoisotopic (exact) mass is 325 g/mol. The maximum Gasteiger partial charge on any atom is 0.419 e. The van der Waals surface area contributed by atoms with E-state index in [1.54, 1.807) is 11.6 Å². The van der Waals surface area contributed by atoms with E-state index in [-0.39, 0.29) is 12.0 Å². The minimum absolute atomic E-state index is 0.0409. The summed E-state index contributed by atoms with van der Waals surface area (Å²) in [5.41, 5.74) is -1.70. The molecule has 1 aliphatic rings. The maximum absolute atomic E-state index is 13.1. The van der Waals surface area contributed by atoms with Gasteiger partial charge in [0.15, 0.2) is 0 Å². The topological polar surface area (TPSA) is 63.2 Å². The molecule has 1 amide bonds. The largest absolute Gasteiger partial charge is 0.419 e. The molecule has 0 saturated heterocycles. The number of carbonyl (C=O) groups excluding carboxylic acids is 1. The Morgan fingerprint density at radius 1 is 1.33 bits per heavy atom. The lowest BCUT2D eigenvalue weighted by Gasteiger charge is -2.11. The molecule has 0 aromatic heterocycles. The molecule has 0 spiro atoms. The van der Waals surface area contributed by atoms with E-state index in [1.165, 1.54) is 0 Å². The number of sulfonamides is 1. The number of rotatable bonds is 3. The summed E-state index contributed by atoms with van der Waals surface area (Å²) in [4.78, 5) is 10.8. The van der Waals surface area contributed by atoms with Crippen LogP contribution in [0, 0.1) is 17.7 Å². The van der Waals surface area contributed by atoms with Crippen LogP contribution in [0.15, 0.2) is 23.1 Å². The summed E-state index contributed by atoms with van der Waals surface area (Å²) in [5.74, 6) is -2.76. The molecule has 4 nitrogen and oxygen atoms in total. The second kappa shape index (κ2) is 4.97. The first kappa shape index (κ1) is 15.7. The lowest BCUT2D eigenvalue weighted by Crippen LogP contribution is -2.32. The zero-order chi connectivity index (χ0) is 16.0. The zero-order valence-corrected chi connectivity index (χ0v) is 11.6. The Labute approximate surface area is 118 Å². The maximum atomic E-state index is 13.1. The number of hydrogen-bond acceptors (Lipinski definition) is 3. The Kier molecular flexibility index (Phi) is 3.73. The molecule has 9 heteroatoms. The smallest absolute Gasteiger partial charge is 0.274 e. The van der Waals surface area contributed by atoms with Crippen LogP contribution in [-0.2, 0) is 21.0 Å². The second-order valence-electron chi connectivity index (χ2n) is 4.93.